The predicted octanol–water partition coefficient (Wildman–Crippen LogP) is 3.31. The van der Waals surface area contributed by atoms with E-state index in [0.717, 1.165) is 12.8 Å². The summed E-state index contributed by atoms with van der Waals surface area (Å²) in [5.41, 5.74) is 0.268. The van der Waals surface area contributed by atoms with Crippen LogP contribution in [0.2, 0.25) is 5.02 Å². The minimum Gasteiger partial charge on any atom is -0.208 e. The van der Waals surface area contributed by atoms with Gasteiger partial charge in [0.1, 0.15) is 4.90 Å². The Hall–Kier alpha value is -1.09. The Balaban J connectivity index is 2.97. The topological polar surface area (TPSA) is 70.0 Å². The molecule has 2 atom stereocenters. The van der Waals surface area contributed by atoms with Gasteiger partial charge >= 0.3 is 0 Å². The Morgan fingerprint density at radius 2 is 2.05 bits per heavy atom. The first-order valence-corrected chi connectivity index (χ1v) is 8.38. The van der Waals surface area contributed by atoms with Crippen LogP contribution in [-0.4, -0.2) is 14.5 Å². The van der Waals surface area contributed by atoms with Gasteiger partial charge in [0.05, 0.1) is 16.7 Å². The molecule has 0 bridgehead atoms. The van der Waals surface area contributed by atoms with E-state index in [0.29, 0.717) is 5.92 Å². The zero-order chi connectivity index (χ0) is 15.3. The molecule has 0 aliphatic rings. The molecule has 0 fully saturated rings. The zero-order valence-corrected chi connectivity index (χ0v) is 13.4. The molecule has 2 unspecified atom stereocenters. The molecule has 0 radical (unpaired) electrons. The van der Waals surface area contributed by atoms with E-state index in [4.69, 9.17) is 16.9 Å². The van der Waals surface area contributed by atoms with Crippen LogP contribution in [0.15, 0.2) is 23.1 Å². The van der Waals surface area contributed by atoms with Crippen molar-refractivity contribution in [1.82, 2.24) is 4.72 Å². The van der Waals surface area contributed by atoms with E-state index in [9.17, 15) is 8.42 Å². The van der Waals surface area contributed by atoms with Crippen LogP contribution >= 0.6 is 11.6 Å². The van der Waals surface area contributed by atoms with Crippen LogP contribution in [0.4, 0.5) is 0 Å². The van der Waals surface area contributed by atoms with Gasteiger partial charge in [-0.15, -0.1) is 0 Å². The first-order chi connectivity index (χ1) is 9.30. The SMILES string of the molecule is CCC(C)CC(C)NS(=O)(=O)c1cc(C#N)ccc1Cl. The molecule has 1 aromatic rings. The number of hydrogen-bond donors (Lipinski definition) is 1. The molecule has 1 N–H and O–H groups in total. The van der Waals surface area contributed by atoms with Gasteiger partial charge in [-0.25, -0.2) is 13.1 Å². The fourth-order valence-corrected chi connectivity index (χ4v) is 3.71. The Kier molecular flexibility index (Phi) is 6.00. The molecule has 0 aliphatic heterocycles. The van der Waals surface area contributed by atoms with Gasteiger partial charge in [-0.05, 0) is 37.5 Å². The van der Waals surface area contributed by atoms with Crippen molar-refractivity contribution in [2.45, 2.75) is 44.6 Å². The summed E-state index contributed by atoms with van der Waals surface area (Å²) < 4.78 is 27.2. The molecule has 0 aliphatic carbocycles. The van der Waals surface area contributed by atoms with E-state index in [1.807, 2.05) is 13.0 Å². The molecule has 6 heteroatoms. The smallest absolute Gasteiger partial charge is 0.208 e. The number of rotatable bonds is 6. The first kappa shape index (κ1) is 17.0. The van der Waals surface area contributed by atoms with Gasteiger partial charge in [-0.2, -0.15) is 5.26 Å². The van der Waals surface area contributed by atoms with Crippen molar-refractivity contribution in [2.75, 3.05) is 0 Å². The number of hydrogen-bond acceptors (Lipinski definition) is 3. The van der Waals surface area contributed by atoms with Crippen LogP contribution in [0.3, 0.4) is 0 Å². The lowest BCUT2D eigenvalue weighted by molar-refractivity contribution is 0.445. The van der Waals surface area contributed by atoms with Crippen LogP contribution < -0.4 is 4.72 Å². The Morgan fingerprint density at radius 3 is 2.60 bits per heavy atom. The third kappa shape index (κ3) is 4.48. The molecule has 0 saturated carbocycles. The van der Waals surface area contributed by atoms with Crippen molar-refractivity contribution in [3.63, 3.8) is 0 Å². The number of sulfonamides is 1. The van der Waals surface area contributed by atoms with E-state index in [2.05, 4.69) is 18.6 Å². The molecule has 0 aromatic heterocycles. The van der Waals surface area contributed by atoms with Gasteiger partial charge in [0.25, 0.3) is 0 Å². The van der Waals surface area contributed by atoms with E-state index >= 15 is 0 Å². The van der Waals surface area contributed by atoms with Gasteiger partial charge in [-0.3, -0.25) is 0 Å². The molecular formula is C14H19ClN2O2S. The minimum atomic E-state index is -3.71. The summed E-state index contributed by atoms with van der Waals surface area (Å²) in [6.07, 6.45) is 1.75. The molecule has 1 rings (SSSR count). The summed E-state index contributed by atoms with van der Waals surface area (Å²) >= 11 is 5.93. The van der Waals surface area contributed by atoms with Gasteiger partial charge in [-0.1, -0.05) is 31.9 Å². The van der Waals surface area contributed by atoms with Crippen molar-refractivity contribution in [1.29, 1.82) is 5.26 Å². The number of nitriles is 1. The largest absolute Gasteiger partial charge is 0.242 e. The summed E-state index contributed by atoms with van der Waals surface area (Å²) in [4.78, 5) is -0.0470. The average Bonchev–Trinajstić information content (AvgIpc) is 2.38. The standard InChI is InChI=1S/C14H19ClN2O2S/c1-4-10(2)7-11(3)17-20(18,19)14-8-12(9-16)5-6-13(14)15/h5-6,8,10-11,17H,4,7H2,1-3H3. The third-order valence-corrected chi connectivity index (χ3v) is 5.23. The van der Waals surface area contributed by atoms with E-state index in [-0.39, 0.29) is 21.5 Å². The maximum Gasteiger partial charge on any atom is 0.242 e. The van der Waals surface area contributed by atoms with Crippen molar-refractivity contribution in [3.8, 4) is 6.07 Å². The second-order valence-electron chi connectivity index (χ2n) is 5.03. The summed E-state index contributed by atoms with van der Waals surface area (Å²) in [6, 6.07) is 5.93. The molecule has 4 nitrogen and oxygen atoms in total. The molecule has 0 saturated heterocycles. The highest BCUT2D eigenvalue weighted by Gasteiger charge is 2.21. The summed E-state index contributed by atoms with van der Waals surface area (Å²) in [5, 5.41) is 8.96. The van der Waals surface area contributed by atoms with Crippen LogP contribution in [0.25, 0.3) is 0 Å². The predicted molar refractivity (Wildman–Crippen MR) is 80.0 cm³/mol. The number of nitrogens with zero attached hydrogens (tertiary/aromatic N) is 1. The molecule has 110 valence electrons. The monoisotopic (exact) mass is 314 g/mol. The fourth-order valence-electron chi connectivity index (χ4n) is 1.93. The quantitative estimate of drug-likeness (QED) is 0.875. The van der Waals surface area contributed by atoms with Crippen molar-refractivity contribution in [3.05, 3.63) is 28.8 Å². The minimum absolute atomic E-state index is 0.0470. The van der Waals surface area contributed by atoms with Crippen LogP contribution in [0, 0.1) is 17.2 Å². The Morgan fingerprint density at radius 1 is 1.40 bits per heavy atom. The summed E-state index contributed by atoms with van der Waals surface area (Å²) in [7, 11) is -3.71. The Bertz CT molecular complexity index is 608. The molecule has 0 amide bonds. The maximum atomic E-state index is 12.3. The van der Waals surface area contributed by atoms with Gasteiger partial charge in [0.2, 0.25) is 10.0 Å². The molecule has 20 heavy (non-hydrogen) atoms. The van der Waals surface area contributed by atoms with Gasteiger partial charge in [0, 0.05) is 6.04 Å². The third-order valence-electron chi connectivity index (χ3n) is 3.16. The number of benzene rings is 1. The van der Waals surface area contributed by atoms with Crippen LogP contribution in [0.5, 0.6) is 0 Å². The van der Waals surface area contributed by atoms with Crippen molar-refractivity contribution in [2.24, 2.45) is 5.92 Å². The highest BCUT2D eigenvalue weighted by molar-refractivity contribution is 7.89. The van der Waals surface area contributed by atoms with Crippen LogP contribution in [0.1, 0.15) is 39.2 Å². The van der Waals surface area contributed by atoms with E-state index < -0.39 is 10.0 Å². The highest BCUT2D eigenvalue weighted by atomic mass is 35.5. The lowest BCUT2D eigenvalue weighted by Crippen LogP contribution is -2.34. The van der Waals surface area contributed by atoms with Crippen molar-refractivity contribution < 1.29 is 8.42 Å². The zero-order valence-electron chi connectivity index (χ0n) is 11.9. The number of nitrogens with one attached hydrogen (secondary N) is 1. The summed E-state index contributed by atoms with van der Waals surface area (Å²) in [6.45, 7) is 5.97. The normalized spacial score (nSPS) is 14.6. The number of halogens is 1. The first-order valence-electron chi connectivity index (χ1n) is 6.52. The molecule has 0 spiro atoms. The highest BCUT2D eigenvalue weighted by Crippen LogP contribution is 2.23. The molecule has 0 heterocycles. The van der Waals surface area contributed by atoms with Gasteiger partial charge < -0.3 is 0 Å². The lowest BCUT2D eigenvalue weighted by atomic mass is 10.0. The maximum absolute atomic E-state index is 12.3. The van der Waals surface area contributed by atoms with Crippen LogP contribution in [-0.2, 0) is 10.0 Å². The Labute approximate surface area is 125 Å². The summed E-state index contributed by atoms with van der Waals surface area (Å²) in [5.74, 6) is 0.439. The van der Waals surface area contributed by atoms with Crippen molar-refractivity contribution >= 4 is 21.6 Å². The lowest BCUT2D eigenvalue weighted by Gasteiger charge is -2.18. The second kappa shape index (κ2) is 7.07. The van der Waals surface area contributed by atoms with E-state index in [1.165, 1.54) is 18.2 Å². The van der Waals surface area contributed by atoms with E-state index in [1.54, 1.807) is 0 Å². The fraction of sp³-hybridized carbons (Fsp3) is 0.500. The second-order valence-corrected chi connectivity index (χ2v) is 7.12. The molecular weight excluding hydrogens is 296 g/mol. The van der Waals surface area contributed by atoms with Gasteiger partial charge in [0.15, 0.2) is 0 Å². The molecule has 1 aromatic carbocycles. The average molecular weight is 315 g/mol.